The van der Waals surface area contributed by atoms with Crippen LogP contribution in [0.2, 0.25) is 0 Å². The first kappa shape index (κ1) is 17.5. The van der Waals surface area contributed by atoms with Crippen LogP contribution in [-0.2, 0) is 0 Å². The molecule has 8 heteroatoms. The lowest BCUT2D eigenvalue weighted by Crippen LogP contribution is -2.36. The smallest absolute Gasteiger partial charge is 0.271 e. The van der Waals surface area contributed by atoms with Crippen molar-refractivity contribution in [2.75, 3.05) is 18.9 Å². The number of anilines is 1. The van der Waals surface area contributed by atoms with Crippen LogP contribution in [0.5, 0.6) is 0 Å². The Kier molecular flexibility index (Phi) is 5.21. The summed E-state index contributed by atoms with van der Waals surface area (Å²) < 4.78 is 13.1. The van der Waals surface area contributed by atoms with Crippen molar-refractivity contribution in [2.24, 2.45) is 0 Å². The van der Waals surface area contributed by atoms with Crippen molar-refractivity contribution in [3.63, 3.8) is 0 Å². The zero-order valence-electron chi connectivity index (χ0n) is 14.5. The molecule has 0 spiro atoms. The summed E-state index contributed by atoms with van der Waals surface area (Å²) in [4.78, 5) is 28.8. The van der Waals surface area contributed by atoms with E-state index in [-0.39, 0.29) is 11.9 Å². The van der Waals surface area contributed by atoms with Gasteiger partial charge in [-0.05, 0) is 6.92 Å². The summed E-state index contributed by atoms with van der Waals surface area (Å²) in [7, 11) is 1.70. The fraction of sp³-hybridized carbons (Fsp3) is 0.222. The number of nitrogens with one attached hydrogen (secondary N) is 2. The van der Waals surface area contributed by atoms with Crippen LogP contribution in [0.1, 0.15) is 17.4 Å². The van der Waals surface area contributed by atoms with Crippen molar-refractivity contribution in [1.82, 2.24) is 24.8 Å². The molecule has 2 heterocycles. The van der Waals surface area contributed by atoms with E-state index in [1.807, 2.05) is 37.3 Å². The van der Waals surface area contributed by atoms with Gasteiger partial charge in [-0.25, -0.2) is 15.0 Å². The predicted octanol–water partition coefficient (Wildman–Crippen LogP) is 2.58. The van der Waals surface area contributed by atoms with Crippen LogP contribution in [-0.4, -0.2) is 50.4 Å². The van der Waals surface area contributed by atoms with E-state index < -0.39 is 5.95 Å². The molecule has 0 bridgehead atoms. The molecule has 134 valence electrons. The highest BCUT2D eigenvalue weighted by molar-refractivity contribution is 5.92. The second kappa shape index (κ2) is 7.73. The molecular formula is C18H19FN6O. The van der Waals surface area contributed by atoms with Gasteiger partial charge in [0, 0.05) is 31.3 Å². The highest BCUT2D eigenvalue weighted by Gasteiger charge is 2.17. The molecule has 0 radical (unpaired) electrons. The Labute approximate surface area is 150 Å². The van der Waals surface area contributed by atoms with Gasteiger partial charge in [0.05, 0.1) is 6.20 Å². The van der Waals surface area contributed by atoms with Crippen molar-refractivity contribution in [3.8, 4) is 11.4 Å². The zero-order valence-corrected chi connectivity index (χ0v) is 14.5. The maximum Gasteiger partial charge on any atom is 0.271 e. The summed E-state index contributed by atoms with van der Waals surface area (Å²) in [6.45, 7) is 2.29. The molecule has 7 nitrogen and oxygen atoms in total. The molecule has 26 heavy (non-hydrogen) atoms. The number of likely N-dealkylation sites (N-methyl/N-ethyl adjacent to an activating group) is 1. The minimum Gasteiger partial charge on any atom is -0.366 e. The second-order valence-electron chi connectivity index (χ2n) is 5.97. The van der Waals surface area contributed by atoms with Gasteiger partial charge >= 0.3 is 0 Å². The molecule has 0 saturated carbocycles. The van der Waals surface area contributed by atoms with E-state index in [9.17, 15) is 9.18 Å². The molecular weight excluding hydrogens is 335 g/mol. The van der Waals surface area contributed by atoms with E-state index in [2.05, 4.69) is 25.3 Å². The number of carbonyl (C=O) groups is 1. The Morgan fingerprint density at radius 1 is 1.27 bits per heavy atom. The number of halogens is 1. The van der Waals surface area contributed by atoms with E-state index in [4.69, 9.17) is 0 Å². The van der Waals surface area contributed by atoms with Gasteiger partial charge in [0.2, 0.25) is 5.95 Å². The first-order chi connectivity index (χ1) is 12.5. The number of nitrogens with zero attached hydrogens (tertiary/aromatic N) is 4. The van der Waals surface area contributed by atoms with E-state index >= 15 is 0 Å². The first-order valence-electron chi connectivity index (χ1n) is 8.13. The van der Waals surface area contributed by atoms with Crippen LogP contribution in [0.15, 0.2) is 48.9 Å². The molecule has 0 aliphatic rings. The molecule has 1 unspecified atom stereocenters. The van der Waals surface area contributed by atoms with E-state index in [1.54, 1.807) is 11.9 Å². The van der Waals surface area contributed by atoms with Gasteiger partial charge in [0.25, 0.3) is 5.91 Å². The number of benzene rings is 1. The average Bonchev–Trinajstić information content (AvgIpc) is 3.11. The number of hydrogen-bond donors (Lipinski definition) is 2. The largest absolute Gasteiger partial charge is 0.366 e. The molecule has 2 aromatic heterocycles. The van der Waals surface area contributed by atoms with Gasteiger partial charge in [-0.1, -0.05) is 30.3 Å². The number of imidazole rings is 1. The third-order valence-corrected chi connectivity index (χ3v) is 3.78. The van der Waals surface area contributed by atoms with Crippen molar-refractivity contribution < 1.29 is 9.18 Å². The number of rotatable bonds is 6. The fourth-order valence-corrected chi connectivity index (χ4v) is 2.58. The monoisotopic (exact) mass is 354 g/mol. The number of H-pyrrole nitrogens is 1. The second-order valence-corrected chi connectivity index (χ2v) is 5.97. The summed E-state index contributed by atoms with van der Waals surface area (Å²) in [5, 5.41) is 3.04. The number of amides is 1. The summed E-state index contributed by atoms with van der Waals surface area (Å²) in [5.41, 5.74) is 1.32. The minimum atomic E-state index is -0.606. The number of aromatic nitrogens is 4. The SMILES string of the molecule is CC(CN(C)C(=O)c1cnc(-c2ccccc2)[nH]1)Nc1cc(F)ncn1. The zero-order chi connectivity index (χ0) is 18.5. The number of hydrogen-bond acceptors (Lipinski definition) is 5. The molecule has 3 rings (SSSR count). The lowest BCUT2D eigenvalue weighted by Gasteiger charge is -2.22. The van der Waals surface area contributed by atoms with Crippen LogP contribution >= 0.6 is 0 Å². The molecule has 0 aliphatic heterocycles. The molecule has 2 N–H and O–H groups in total. The fourth-order valence-electron chi connectivity index (χ4n) is 2.58. The van der Waals surface area contributed by atoms with Crippen LogP contribution < -0.4 is 5.32 Å². The van der Waals surface area contributed by atoms with E-state index in [1.165, 1.54) is 12.3 Å². The maximum absolute atomic E-state index is 13.1. The van der Waals surface area contributed by atoms with Gasteiger partial charge in [0.15, 0.2) is 0 Å². The van der Waals surface area contributed by atoms with Crippen molar-refractivity contribution in [1.29, 1.82) is 0 Å². The van der Waals surface area contributed by atoms with Crippen LogP contribution in [0.3, 0.4) is 0 Å². The summed E-state index contributed by atoms with van der Waals surface area (Å²) in [6, 6.07) is 10.7. The first-order valence-corrected chi connectivity index (χ1v) is 8.13. The minimum absolute atomic E-state index is 0.130. The maximum atomic E-state index is 13.1. The quantitative estimate of drug-likeness (QED) is 0.665. The third kappa shape index (κ3) is 4.21. The Morgan fingerprint density at radius 2 is 2.04 bits per heavy atom. The lowest BCUT2D eigenvalue weighted by molar-refractivity contribution is 0.0786. The molecule has 1 atom stereocenters. The van der Waals surface area contributed by atoms with E-state index in [0.29, 0.717) is 23.9 Å². The van der Waals surface area contributed by atoms with Crippen LogP contribution in [0, 0.1) is 5.95 Å². The Hall–Kier alpha value is -3.29. The molecule has 0 aliphatic carbocycles. The molecule has 1 amide bonds. The number of carbonyl (C=O) groups excluding carboxylic acids is 1. The van der Waals surface area contributed by atoms with Gasteiger partial charge in [-0.3, -0.25) is 4.79 Å². The third-order valence-electron chi connectivity index (χ3n) is 3.78. The Morgan fingerprint density at radius 3 is 2.77 bits per heavy atom. The topological polar surface area (TPSA) is 86.8 Å². The van der Waals surface area contributed by atoms with Crippen molar-refractivity contribution >= 4 is 11.7 Å². The standard InChI is InChI=1S/C18H19FN6O/c1-12(23-16-8-15(19)21-11-22-16)10-25(2)18(26)14-9-20-17(24-14)13-6-4-3-5-7-13/h3-9,11-12H,10H2,1-2H3,(H,20,24)(H,21,22,23). The molecule has 1 aromatic carbocycles. The highest BCUT2D eigenvalue weighted by atomic mass is 19.1. The van der Waals surface area contributed by atoms with Crippen LogP contribution in [0.25, 0.3) is 11.4 Å². The van der Waals surface area contributed by atoms with Gasteiger partial charge < -0.3 is 15.2 Å². The van der Waals surface area contributed by atoms with E-state index in [0.717, 1.165) is 11.9 Å². The van der Waals surface area contributed by atoms with Crippen LogP contribution in [0.4, 0.5) is 10.2 Å². The van der Waals surface area contributed by atoms with Gasteiger partial charge in [0.1, 0.15) is 23.7 Å². The predicted molar refractivity (Wildman–Crippen MR) is 96.1 cm³/mol. The van der Waals surface area contributed by atoms with Gasteiger partial charge in [-0.2, -0.15) is 4.39 Å². The Bertz CT molecular complexity index is 882. The van der Waals surface area contributed by atoms with Crippen molar-refractivity contribution in [2.45, 2.75) is 13.0 Å². The van der Waals surface area contributed by atoms with Crippen molar-refractivity contribution in [3.05, 3.63) is 60.6 Å². The summed E-state index contributed by atoms with van der Waals surface area (Å²) >= 11 is 0. The Balaban J connectivity index is 1.62. The summed E-state index contributed by atoms with van der Waals surface area (Å²) in [5.74, 6) is 0.232. The molecule has 3 aromatic rings. The normalized spacial score (nSPS) is 11.8. The lowest BCUT2D eigenvalue weighted by atomic mass is 10.2. The highest BCUT2D eigenvalue weighted by Crippen LogP contribution is 2.15. The average molecular weight is 354 g/mol. The molecule has 0 fully saturated rings. The number of aromatic amines is 1. The van der Waals surface area contributed by atoms with Gasteiger partial charge in [-0.15, -0.1) is 0 Å². The molecule has 0 saturated heterocycles. The summed E-state index contributed by atoms with van der Waals surface area (Å²) in [6.07, 6.45) is 2.67.